The topological polar surface area (TPSA) is 82.0 Å². The van der Waals surface area contributed by atoms with Gasteiger partial charge in [0.1, 0.15) is 0 Å². The average Bonchev–Trinajstić information content (AvgIpc) is 3.27. The minimum absolute atomic E-state index is 0.280. The van der Waals surface area contributed by atoms with E-state index < -0.39 is 23.1 Å². The fraction of sp³-hybridized carbons (Fsp3) is 0.0417. The molecule has 1 aromatic heterocycles. The second-order valence-electron chi connectivity index (χ2n) is 7.59. The van der Waals surface area contributed by atoms with Gasteiger partial charge in [0, 0.05) is 22.5 Å². The predicted molar refractivity (Wildman–Crippen MR) is 125 cm³/mol. The standard InChI is InChI=1S/C24H17F3N4O2S/c25-24(26,27)23-14-22(31(29-23)21-9-7-20(8-10-21)28-30-34(32)33)18-6-5-17-11-15-3-1-2-4-16(15)12-19(17)13-18/h1-14,28,30H,(H,32,33)/p-1. The van der Waals surface area contributed by atoms with Crippen LogP contribution in [-0.4, -0.2) is 18.5 Å². The van der Waals surface area contributed by atoms with Gasteiger partial charge in [0.15, 0.2) is 5.69 Å². The normalized spacial score (nSPS) is 12.8. The number of anilines is 1. The number of hydrogen-bond acceptors (Lipinski definition) is 4. The summed E-state index contributed by atoms with van der Waals surface area (Å²) in [5, 5.41) is 7.81. The van der Waals surface area contributed by atoms with E-state index in [9.17, 15) is 21.9 Å². The Labute approximate surface area is 194 Å². The molecule has 0 spiro atoms. The Kier molecular flexibility index (Phi) is 5.56. The maximum atomic E-state index is 13.5. The summed E-state index contributed by atoms with van der Waals surface area (Å²) in [6.07, 6.45) is -4.61. The Balaban J connectivity index is 1.60. The van der Waals surface area contributed by atoms with Gasteiger partial charge in [-0.05, 0) is 70.1 Å². The van der Waals surface area contributed by atoms with Gasteiger partial charge in [0.25, 0.3) is 0 Å². The van der Waals surface area contributed by atoms with Crippen molar-refractivity contribution in [3.63, 3.8) is 0 Å². The van der Waals surface area contributed by atoms with Crippen LogP contribution in [0.1, 0.15) is 5.69 Å². The Hall–Kier alpha value is -3.73. The molecular formula is C24H16F3N4O2S-. The summed E-state index contributed by atoms with van der Waals surface area (Å²) in [6, 6.07) is 24.6. The van der Waals surface area contributed by atoms with Gasteiger partial charge < -0.3 is 9.98 Å². The Bertz CT molecular complexity index is 1530. The van der Waals surface area contributed by atoms with E-state index >= 15 is 0 Å². The summed E-state index contributed by atoms with van der Waals surface area (Å²) in [6.45, 7) is 0. The van der Waals surface area contributed by atoms with Gasteiger partial charge in [-0.25, -0.2) is 4.68 Å². The Morgan fingerprint density at radius 1 is 0.824 bits per heavy atom. The summed E-state index contributed by atoms with van der Waals surface area (Å²) in [5.74, 6) is 0. The van der Waals surface area contributed by atoms with Crippen molar-refractivity contribution < 1.29 is 21.9 Å². The molecule has 1 unspecified atom stereocenters. The van der Waals surface area contributed by atoms with Crippen LogP contribution >= 0.6 is 0 Å². The Morgan fingerprint density at radius 2 is 1.47 bits per heavy atom. The van der Waals surface area contributed by atoms with Crippen molar-refractivity contribution in [1.29, 1.82) is 0 Å². The highest BCUT2D eigenvalue weighted by Gasteiger charge is 2.35. The van der Waals surface area contributed by atoms with Crippen LogP contribution in [0.4, 0.5) is 18.9 Å². The highest BCUT2D eigenvalue weighted by Crippen LogP contribution is 2.35. The molecule has 34 heavy (non-hydrogen) atoms. The quantitative estimate of drug-likeness (QED) is 0.195. The van der Waals surface area contributed by atoms with Crippen LogP contribution in [0.2, 0.25) is 0 Å². The van der Waals surface area contributed by atoms with Gasteiger partial charge in [-0.3, -0.25) is 4.21 Å². The summed E-state index contributed by atoms with van der Waals surface area (Å²) in [4.78, 5) is 2.01. The highest BCUT2D eigenvalue weighted by molar-refractivity contribution is 7.77. The first-order chi connectivity index (χ1) is 16.3. The number of aromatic nitrogens is 2. The molecule has 6 nitrogen and oxygen atoms in total. The third kappa shape index (κ3) is 4.38. The minimum atomic E-state index is -4.61. The van der Waals surface area contributed by atoms with E-state index in [4.69, 9.17) is 0 Å². The first-order valence-corrected chi connectivity index (χ1v) is 11.2. The zero-order valence-corrected chi connectivity index (χ0v) is 18.2. The fourth-order valence-corrected chi connectivity index (χ4v) is 4.01. The van der Waals surface area contributed by atoms with Gasteiger partial charge in [0.2, 0.25) is 0 Å². The molecule has 4 aromatic carbocycles. The maximum absolute atomic E-state index is 13.5. The lowest BCUT2D eigenvalue weighted by Gasteiger charge is -2.12. The number of nitrogens with zero attached hydrogens (tertiary/aromatic N) is 2. The van der Waals surface area contributed by atoms with E-state index in [-0.39, 0.29) is 5.69 Å². The van der Waals surface area contributed by atoms with Gasteiger partial charge in [-0.1, -0.05) is 36.4 Å². The number of benzene rings is 4. The van der Waals surface area contributed by atoms with Crippen molar-refractivity contribution in [3.05, 3.63) is 90.6 Å². The van der Waals surface area contributed by atoms with Crippen LogP contribution < -0.4 is 10.3 Å². The lowest BCUT2D eigenvalue weighted by molar-refractivity contribution is -0.141. The molecule has 0 aliphatic carbocycles. The molecule has 2 N–H and O–H groups in total. The number of hydrazine groups is 1. The average molecular weight is 481 g/mol. The van der Waals surface area contributed by atoms with Gasteiger partial charge >= 0.3 is 6.18 Å². The Morgan fingerprint density at radius 3 is 2.12 bits per heavy atom. The molecule has 1 heterocycles. The van der Waals surface area contributed by atoms with E-state index in [2.05, 4.69) is 10.5 Å². The van der Waals surface area contributed by atoms with Crippen LogP contribution in [0.15, 0.2) is 84.9 Å². The van der Waals surface area contributed by atoms with Crippen LogP contribution in [0, 0.1) is 0 Å². The first-order valence-electron chi connectivity index (χ1n) is 10.1. The van der Waals surface area contributed by atoms with Crippen LogP contribution in [-0.2, 0) is 17.4 Å². The minimum Gasteiger partial charge on any atom is -0.759 e. The smallest absolute Gasteiger partial charge is 0.435 e. The molecule has 5 rings (SSSR count). The molecule has 0 saturated heterocycles. The van der Waals surface area contributed by atoms with Gasteiger partial charge in [0.05, 0.1) is 11.4 Å². The molecular weight excluding hydrogens is 465 g/mol. The molecule has 0 aliphatic rings. The summed E-state index contributed by atoms with van der Waals surface area (Å²) in [7, 11) is 0. The number of alkyl halides is 3. The van der Waals surface area contributed by atoms with Crippen molar-refractivity contribution in [3.8, 4) is 16.9 Å². The third-order valence-electron chi connectivity index (χ3n) is 5.39. The van der Waals surface area contributed by atoms with Crippen LogP contribution in [0.3, 0.4) is 0 Å². The number of fused-ring (bicyclic) bond motifs is 2. The van der Waals surface area contributed by atoms with E-state index in [1.165, 1.54) is 16.8 Å². The third-order valence-corrected chi connectivity index (χ3v) is 5.66. The molecule has 172 valence electrons. The van der Waals surface area contributed by atoms with E-state index in [1.54, 1.807) is 18.2 Å². The summed E-state index contributed by atoms with van der Waals surface area (Å²) >= 11 is -2.52. The second-order valence-corrected chi connectivity index (χ2v) is 8.27. The van der Waals surface area contributed by atoms with E-state index in [0.717, 1.165) is 27.6 Å². The van der Waals surface area contributed by atoms with Crippen LogP contribution in [0.5, 0.6) is 0 Å². The molecule has 1 atom stereocenters. The van der Waals surface area contributed by atoms with E-state index in [0.29, 0.717) is 16.9 Å². The van der Waals surface area contributed by atoms with Crippen LogP contribution in [0.25, 0.3) is 38.5 Å². The van der Waals surface area contributed by atoms with Gasteiger partial charge in [-0.2, -0.15) is 23.1 Å². The number of halogens is 3. The van der Waals surface area contributed by atoms with E-state index in [1.807, 2.05) is 53.4 Å². The van der Waals surface area contributed by atoms with Crippen molar-refractivity contribution in [1.82, 2.24) is 14.6 Å². The molecule has 0 saturated carbocycles. The fourth-order valence-electron chi connectivity index (χ4n) is 3.81. The molecule has 10 heteroatoms. The monoisotopic (exact) mass is 481 g/mol. The molecule has 0 aliphatic heterocycles. The molecule has 5 aromatic rings. The number of hydrogen-bond donors (Lipinski definition) is 2. The highest BCUT2D eigenvalue weighted by atomic mass is 32.2. The molecule has 0 radical (unpaired) electrons. The zero-order valence-electron chi connectivity index (χ0n) is 17.3. The number of rotatable bonds is 5. The lowest BCUT2D eigenvalue weighted by atomic mass is 10.0. The number of nitrogens with one attached hydrogen (secondary N) is 2. The van der Waals surface area contributed by atoms with Crippen molar-refractivity contribution in [2.75, 3.05) is 5.43 Å². The predicted octanol–water partition coefficient (Wildman–Crippen LogP) is 5.58. The van der Waals surface area contributed by atoms with Crippen molar-refractivity contribution >= 4 is 38.5 Å². The summed E-state index contributed by atoms with van der Waals surface area (Å²) in [5.41, 5.74) is 3.11. The molecule has 0 fully saturated rings. The SMILES string of the molecule is O=S([O-])NNc1ccc(-n2nc(C(F)(F)F)cc2-c2ccc3cc4ccccc4cc3c2)cc1. The van der Waals surface area contributed by atoms with Gasteiger partial charge in [-0.15, -0.1) is 0 Å². The van der Waals surface area contributed by atoms with Crippen molar-refractivity contribution in [2.24, 2.45) is 0 Å². The lowest BCUT2D eigenvalue weighted by Crippen LogP contribution is -2.23. The summed E-state index contributed by atoms with van der Waals surface area (Å²) < 4.78 is 63.1. The molecule has 0 amide bonds. The largest absolute Gasteiger partial charge is 0.759 e. The second kappa shape index (κ2) is 8.56. The van der Waals surface area contributed by atoms with Crippen molar-refractivity contribution in [2.45, 2.75) is 6.18 Å². The zero-order chi connectivity index (χ0) is 23.9. The molecule has 0 bridgehead atoms. The maximum Gasteiger partial charge on any atom is 0.435 e. The first kappa shape index (κ1) is 22.1.